The summed E-state index contributed by atoms with van der Waals surface area (Å²) < 4.78 is 22.0. The Bertz CT molecular complexity index is 749. The maximum atomic E-state index is 12.7. The van der Waals surface area contributed by atoms with E-state index in [1.54, 1.807) is 0 Å². The van der Waals surface area contributed by atoms with E-state index in [2.05, 4.69) is 13.8 Å². The normalized spacial score (nSPS) is 21.9. The largest absolute Gasteiger partial charge is 0.462 e. The number of aliphatic hydroxyl groups is 4. The van der Waals surface area contributed by atoms with Crippen LogP contribution < -0.4 is 0 Å². The fourth-order valence-electron chi connectivity index (χ4n) is 5.89. The second-order valence-corrected chi connectivity index (χ2v) is 13.4. The zero-order chi connectivity index (χ0) is 34.5. The molecule has 0 amide bonds. The van der Waals surface area contributed by atoms with Crippen LogP contribution in [0.15, 0.2) is 0 Å². The van der Waals surface area contributed by atoms with Gasteiger partial charge in [0.05, 0.1) is 13.2 Å². The van der Waals surface area contributed by atoms with Crippen molar-refractivity contribution < 1.29 is 49.0 Å². The van der Waals surface area contributed by atoms with E-state index in [0.717, 1.165) is 44.9 Å². The molecule has 0 aromatic heterocycles. The lowest BCUT2D eigenvalue weighted by atomic mass is 9.99. The Morgan fingerprint density at radius 3 is 1.45 bits per heavy atom. The second-order valence-electron chi connectivity index (χ2n) is 13.4. The molecule has 1 saturated heterocycles. The van der Waals surface area contributed by atoms with E-state index >= 15 is 0 Å². The van der Waals surface area contributed by atoms with Gasteiger partial charge in [-0.25, -0.2) is 0 Å². The number of esters is 2. The number of hydrogen-bond acceptors (Lipinski definition) is 10. The fourth-order valence-corrected chi connectivity index (χ4v) is 5.89. The van der Waals surface area contributed by atoms with Crippen LogP contribution in [-0.2, 0) is 28.5 Å². The van der Waals surface area contributed by atoms with Gasteiger partial charge in [0.2, 0.25) is 0 Å². The van der Waals surface area contributed by atoms with Crippen LogP contribution in [0.2, 0.25) is 0 Å². The van der Waals surface area contributed by atoms with Crippen molar-refractivity contribution in [3.8, 4) is 0 Å². The molecule has 0 spiro atoms. The monoisotopic (exact) mass is 674 g/mol. The minimum absolute atomic E-state index is 0.211. The molecule has 0 saturated carbocycles. The maximum absolute atomic E-state index is 12.7. The molecule has 0 aliphatic carbocycles. The van der Waals surface area contributed by atoms with Crippen LogP contribution in [0.25, 0.3) is 0 Å². The van der Waals surface area contributed by atoms with Gasteiger partial charge in [-0.15, -0.1) is 0 Å². The third-order valence-corrected chi connectivity index (χ3v) is 8.99. The molecule has 1 fully saturated rings. The van der Waals surface area contributed by atoms with Crippen molar-refractivity contribution in [3.63, 3.8) is 0 Å². The summed E-state index contributed by atoms with van der Waals surface area (Å²) >= 11 is 0. The number of aliphatic hydroxyl groups excluding tert-OH is 4. The quantitative estimate of drug-likeness (QED) is 0.0464. The van der Waals surface area contributed by atoms with Crippen molar-refractivity contribution >= 4 is 11.9 Å². The summed E-state index contributed by atoms with van der Waals surface area (Å²) in [6.45, 7) is 3.37. The average molecular weight is 675 g/mol. The first kappa shape index (κ1) is 43.7. The van der Waals surface area contributed by atoms with Crippen LogP contribution in [-0.4, -0.2) is 89.0 Å². The molecule has 278 valence electrons. The van der Waals surface area contributed by atoms with Gasteiger partial charge in [0.15, 0.2) is 12.4 Å². The van der Waals surface area contributed by atoms with Gasteiger partial charge in [0.25, 0.3) is 0 Å². The van der Waals surface area contributed by atoms with Crippen LogP contribution >= 0.6 is 0 Å². The topological polar surface area (TPSA) is 152 Å². The minimum Gasteiger partial charge on any atom is -0.462 e. The Morgan fingerprint density at radius 2 is 1.00 bits per heavy atom. The lowest BCUT2D eigenvalue weighted by molar-refractivity contribution is -0.305. The predicted octanol–water partition coefficient (Wildman–Crippen LogP) is 6.66. The highest BCUT2D eigenvalue weighted by molar-refractivity contribution is 5.70. The zero-order valence-electron chi connectivity index (χ0n) is 29.8. The van der Waals surface area contributed by atoms with Gasteiger partial charge in [-0.3, -0.25) is 9.59 Å². The molecule has 1 aliphatic heterocycles. The van der Waals surface area contributed by atoms with E-state index in [0.29, 0.717) is 6.42 Å². The molecular weight excluding hydrogens is 604 g/mol. The Kier molecular flexibility index (Phi) is 27.5. The van der Waals surface area contributed by atoms with Gasteiger partial charge in [0.1, 0.15) is 31.0 Å². The molecule has 10 nitrogen and oxygen atoms in total. The molecule has 4 N–H and O–H groups in total. The number of carbonyl (C=O) groups is 2. The standard InChI is InChI=1S/C37H70O10/c1-3-5-7-9-11-12-13-14-15-16-17-18-20-22-24-26-33(40)46-30(28-44-32(39)25-23-21-19-10-8-6-4-2)29-45-37-36(43)35(42)34(41)31(27-38)47-37/h30-31,34-38,41-43H,3-29H2,1-2H3/t30-,31+,34-,35?,36?,37+/m1/s1. The Labute approximate surface area is 285 Å². The van der Waals surface area contributed by atoms with Crippen LogP contribution in [0.5, 0.6) is 0 Å². The number of hydrogen-bond donors (Lipinski definition) is 4. The van der Waals surface area contributed by atoms with Gasteiger partial charge in [-0.2, -0.15) is 0 Å². The highest BCUT2D eigenvalue weighted by Gasteiger charge is 2.44. The van der Waals surface area contributed by atoms with Crippen molar-refractivity contribution in [1.82, 2.24) is 0 Å². The van der Waals surface area contributed by atoms with Crippen LogP contribution in [0, 0.1) is 0 Å². The molecule has 0 aromatic rings. The molecule has 2 unspecified atom stereocenters. The van der Waals surface area contributed by atoms with Gasteiger partial charge in [0, 0.05) is 12.8 Å². The van der Waals surface area contributed by atoms with Crippen molar-refractivity contribution in [2.45, 2.75) is 205 Å². The van der Waals surface area contributed by atoms with E-state index in [-0.39, 0.29) is 32.0 Å². The molecule has 1 rings (SSSR count). The average Bonchev–Trinajstić information content (AvgIpc) is 3.06. The van der Waals surface area contributed by atoms with E-state index in [1.165, 1.54) is 89.9 Å². The number of unbranched alkanes of at least 4 members (excludes halogenated alkanes) is 20. The summed E-state index contributed by atoms with van der Waals surface area (Å²) in [4.78, 5) is 25.0. The molecule has 47 heavy (non-hydrogen) atoms. The molecule has 0 bridgehead atoms. The summed E-state index contributed by atoms with van der Waals surface area (Å²) in [5, 5.41) is 39.8. The third-order valence-electron chi connectivity index (χ3n) is 8.99. The highest BCUT2D eigenvalue weighted by atomic mass is 16.7. The summed E-state index contributed by atoms with van der Waals surface area (Å²) in [5.41, 5.74) is 0. The molecule has 1 aliphatic rings. The van der Waals surface area contributed by atoms with Crippen LogP contribution in [0.1, 0.15) is 168 Å². The molecule has 0 radical (unpaired) electrons. The molecule has 1 heterocycles. The Hall–Kier alpha value is -1.30. The van der Waals surface area contributed by atoms with Crippen LogP contribution in [0.3, 0.4) is 0 Å². The van der Waals surface area contributed by atoms with E-state index in [9.17, 15) is 30.0 Å². The fraction of sp³-hybridized carbons (Fsp3) is 0.946. The minimum atomic E-state index is -1.59. The van der Waals surface area contributed by atoms with E-state index in [1.807, 2.05) is 0 Å². The molecular formula is C37H70O10. The lowest BCUT2D eigenvalue weighted by Gasteiger charge is -2.39. The van der Waals surface area contributed by atoms with Crippen molar-refractivity contribution in [1.29, 1.82) is 0 Å². The van der Waals surface area contributed by atoms with Crippen molar-refractivity contribution in [2.24, 2.45) is 0 Å². The first-order valence-corrected chi connectivity index (χ1v) is 19.1. The summed E-state index contributed by atoms with van der Waals surface area (Å²) in [6, 6.07) is 0. The smallest absolute Gasteiger partial charge is 0.306 e. The Balaban J connectivity index is 2.36. The number of ether oxygens (including phenoxy) is 4. The first-order chi connectivity index (χ1) is 22.8. The summed E-state index contributed by atoms with van der Waals surface area (Å²) in [6.07, 6.45) is 18.5. The predicted molar refractivity (Wildman–Crippen MR) is 183 cm³/mol. The van der Waals surface area contributed by atoms with Crippen molar-refractivity contribution in [3.05, 3.63) is 0 Å². The van der Waals surface area contributed by atoms with Crippen LogP contribution in [0.4, 0.5) is 0 Å². The van der Waals surface area contributed by atoms with Gasteiger partial charge < -0.3 is 39.4 Å². The molecule has 0 aromatic carbocycles. The number of carbonyl (C=O) groups excluding carboxylic acids is 2. The Morgan fingerprint density at radius 1 is 0.574 bits per heavy atom. The highest BCUT2D eigenvalue weighted by Crippen LogP contribution is 2.22. The summed E-state index contributed by atoms with van der Waals surface area (Å²) in [5.74, 6) is -0.805. The third kappa shape index (κ3) is 22.1. The first-order valence-electron chi connectivity index (χ1n) is 19.1. The molecule has 10 heteroatoms. The van der Waals surface area contributed by atoms with Gasteiger partial charge in [-0.1, -0.05) is 142 Å². The SMILES string of the molecule is CCCCCCCCCCCCCCCCCC(=O)O[C@H](COC(=O)CCCCCCCCC)CO[C@H]1O[C@@H](CO)[C@@H](O)C(O)C1O. The van der Waals surface area contributed by atoms with E-state index in [4.69, 9.17) is 18.9 Å². The van der Waals surface area contributed by atoms with Gasteiger partial charge in [-0.05, 0) is 12.8 Å². The summed E-state index contributed by atoms with van der Waals surface area (Å²) in [7, 11) is 0. The van der Waals surface area contributed by atoms with E-state index < -0.39 is 49.4 Å². The maximum Gasteiger partial charge on any atom is 0.306 e. The lowest BCUT2D eigenvalue weighted by Crippen LogP contribution is -2.59. The second kappa shape index (κ2) is 29.6. The molecule has 6 atom stereocenters. The van der Waals surface area contributed by atoms with Crippen molar-refractivity contribution in [2.75, 3.05) is 19.8 Å². The number of rotatable bonds is 31. The van der Waals surface area contributed by atoms with Gasteiger partial charge >= 0.3 is 11.9 Å². The zero-order valence-corrected chi connectivity index (χ0v) is 29.8.